The van der Waals surface area contributed by atoms with Crippen LogP contribution in [0.3, 0.4) is 0 Å². The highest BCUT2D eigenvalue weighted by Gasteiger charge is 2.06. The van der Waals surface area contributed by atoms with Gasteiger partial charge in [-0.05, 0) is 37.6 Å². The van der Waals surface area contributed by atoms with E-state index in [4.69, 9.17) is 11.6 Å². The van der Waals surface area contributed by atoms with E-state index in [0.29, 0.717) is 0 Å². The Labute approximate surface area is 133 Å². The third-order valence-corrected chi connectivity index (χ3v) is 4.53. The van der Waals surface area contributed by atoms with Gasteiger partial charge in [0.2, 0.25) is 5.78 Å². The molecule has 2 aromatic heterocycles. The maximum Gasteiger partial charge on any atom is 0.234 e. The molecule has 0 N–H and O–H groups in total. The first kappa shape index (κ1) is 14.4. The molecule has 0 saturated heterocycles. The first-order chi connectivity index (χ1) is 10.1. The van der Waals surface area contributed by atoms with E-state index in [2.05, 4.69) is 41.3 Å². The van der Waals surface area contributed by atoms with Crippen molar-refractivity contribution in [3.63, 3.8) is 0 Å². The number of halogens is 1. The smallest absolute Gasteiger partial charge is 0.234 e. The summed E-state index contributed by atoms with van der Waals surface area (Å²) < 4.78 is 2.05. The Balaban J connectivity index is 1.68. The first-order valence-corrected chi connectivity index (χ1v) is 8.29. The summed E-state index contributed by atoms with van der Waals surface area (Å²) in [5.41, 5.74) is 4.51. The number of hydrogen-bond donors (Lipinski definition) is 0. The van der Waals surface area contributed by atoms with Crippen LogP contribution in [0.5, 0.6) is 0 Å². The van der Waals surface area contributed by atoms with Crippen molar-refractivity contribution in [1.29, 1.82) is 0 Å². The minimum atomic E-state index is 0.779. The molecule has 0 aliphatic heterocycles. The Bertz CT molecular complexity index is 765. The number of rotatable bonds is 4. The van der Waals surface area contributed by atoms with Crippen LogP contribution in [0.1, 0.15) is 22.6 Å². The molecule has 3 aromatic rings. The Morgan fingerprint density at radius 1 is 1.10 bits per heavy atom. The van der Waals surface area contributed by atoms with Crippen molar-refractivity contribution < 1.29 is 0 Å². The summed E-state index contributed by atoms with van der Waals surface area (Å²) in [4.78, 5) is 9.05. The van der Waals surface area contributed by atoms with Crippen molar-refractivity contribution in [1.82, 2.24) is 14.4 Å². The molecule has 0 unspecified atom stereocenters. The number of nitrogens with zero attached hydrogens (tertiary/aromatic N) is 3. The number of hydrogen-bond acceptors (Lipinski definition) is 3. The van der Waals surface area contributed by atoms with Gasteiger partial charge < -0.3 is 0 Å². The van der Waals surface area contributed by atoms with Crippen LogP contribution in [-0.2, 0) is 11.5 Å². The third kappa shape index (κ3) is 3.39. The molecular weight excluding hydrogens is 302 g/mol. The average molecular weight is 318 g/mol. The molecule has 5 heteroatoms. The molecular formula is C16H16ClN3S. The molecule has 0 saturated carbocycles. The molecule has 0 atom stereocenters. The van der Waals surface area contributed by atoms with Gasteiger partial charge in [0.15, 0.2) is 0 Å². The normalized spacial score (nSPS) is 11.2. The van der Waals surface area contributed by atoms with Crippen LogP contribution in [0.15, 0.2) is 36.5 Å². The van der Waals surface area contributed by atoms with Crippen molar-refractivity contribution in [2.45, 2.75) is 25.4 Å². The summed E-state index contributed by atoms with van der Waals surface area (Å²) in [5, 5.41) is 0.779. The molecule has 2 heterocycles. The molecule has 21 heavy (non-hydrogen) atoms. The van der Waals surface area contributed by atoms with Gasteiger partial charge in [-0.25, -0.2) is 9.97 Å². The molecule has 0 radical (unpaired) electrons. The summed E-state index contributed by atoms with van der Waals surface area (Å²) in [5.74, 6) is 2.62. The topological polar surface area (TPSA) is 30.2 Å². The van der Waals surface area contributed by atoms with Crippen LogP contribution in [0, 0.1) is 13.8 Å². The van der Waals surface area contributed by atoms with E-state index < -0.39 is 0 Å². The highest BCUT2D eigenvalue weighted by Crippen LogP contribution is 2.19. The van der Waals surface area contributed by atoms with E-state index in [1.807, 2.05) is 35.2 Å². The minimum absolute atomic E-state index is 0.779. The molecule has 3 nitrogen and oxygen atoms in total. The van der Waals surface area contributed by atoms with Crippen LogP contribution >= 0.6 is 23.4 Å². The number of imidazole rings is 1. The SMILES string of the molecule is Cc1cc(C)n2cc(CSCc3ccc(Cl)cc3)nc2n1. The van der Waals surface area contributed by atoms with Crippen LogP contribution in [0.2, 0.25) is 5.02 Å². The zero-order valence-corrected chi connectivity index (χ0v) is 13.6. The quantitative estimate of drug-likeness (QED) is 0.713. The van der Waals surface area contributed by atoms with Gasteiger partial charge in [0.1, 0.15) is 0 Å². The second kappa shape index (κ2) is 6.08. The van der Waals surface area contributed by atoms with E-state index in [9.17, 15) is 0 Å². The van der Waals surface area contributed by atoms with Crippen LogP contribution in [-0.4, -0.2) is 14.4 Å². The fourth-order valence-electron chi connectivity index (χ4n) is 2.24. The standard InChI is InChI=1S/C16H16ClN3S/c1-11-7-12(2)20-8-15(19-16(20)18-11)10-21-9-13-3-5-14(17)6-4-13/h3-8H,9-10H2,1-2H3. The van der Waals surface area contributed by atoms with Crippen molar-refractivity contribution in [2.24, 2.45) is 0 Å². The molecule has 0 fully saturated rings. The van der Waals surface area contributed by atoms with Crippen molar-refractivity contribution in [3.05, 3.63) is 64.2 Å². The second-order valence-corrected chi connectivity index (χ2v) is 6.48. The van der Waals surface area contributed by atoms with E-state index in [0.717, 1.165) is 33.7 Å². The molecule has 1 aromatic carbocycles. The van der Waals surface area contributed by atoms with E-state index in [-0.39, 0.29) is 0 Å². The number of aromatic nitrogens is 3. The molecule has 0 aliphatic rings. The van der Waals surface area contributed by atoms with Crippen LogP contribution in [0.4, 0.5) is 0 Å². The minimum Gasteiger partial charge on any atom is -0.288 e. The molecule has 0 bridgehead atoms. The Kier molecular flexibility index (Phi) is 4.17. The largest absolute Gasteiger partial charge is 0.288 e. The van der Waals surface area contributed by atoms with Crippen molar-refractivity contribution in [3.8, 4) is 0 Å². The average Bonchev–Trinajstić information content (AvgIpc) is 2.84. The summed E-state index contributed by atoms with van der Waals surface area (Å²) in [7, 11) is 0. The monoisotopic (exact) mass is 317 g/mol. The first-order valence-electron chi connectivity index (χ1n) is 6.76. The highest BCUT2D eigenvalue weighted by molar-refractivity contribution is 7.97. The number of thioether (sulfide) groups is 1. The highest BCUT2D eigenvalue weighted by atomic mass is 35.5. The fraction of sp³-hybridized carbons (Fsp3) is 0.250. The van der Waals surface area contributed by atoms with Gasteiger partial charge in [-0.1, -0.05) is 23.7 Å². The van der Waals surface area contributed by atoms with Gasteiger partial charge in [-0.3, -0.25) is 4.40 Å². The maximum absolute atomic E-state index is 5.89. The molecule has 0 spiro atoms. The van der Waals surface area contributed by atoms with Gasteiger partial charge in [-0.15, -0.1) is 0 Å². The fourth-order valence-corrected chi connectivity index (χ4v) is 3.25. The van der Waals surface area contributed by atoms with Gasteiger partial charge >= 0.3 is 0 Å². The zero-order valence-electron chi connectivity index (χ0n) is 12.0. The number of fused-ring (bicyclic) bond motifs is 1. The van der Waals surface area contributed by atoms with Gasteiger partial charge in [0.25, 0.3) is 0 Å². The third-order valence-electron chi connectivity index (χ3n) is 3.24. The second-order valence-electron chi connectivity index (χ2n) is 5.06. The summed E-state index contributed by atoms with van der Waals surface area (Å²) in [6.07, 6.45) is 2.08. The van der Waals surface area contributed by atoms with Crippen molar-refractivity contribution >= 4 is 29.1 Å². The van der Waals surface area contributed by atoms with E-state index in [1.165, 1.54) is 11.3 Å². The molecule has 108 valence electrons. The van der Waals surface area contributed by atoms with E-state index in [1.54, 1.807) is 0 Å². The Hall–Kier alpha value is -1.52. The van der Waals surface area contributed by atoms with Crippen molar-refractivity contribution in [2.75, 3.05) is 0 Å². The number of aryl methyl sites for hydroxylation is 2. The Morgan fingerprint density at radius 2 is 1.86 bits per heavy atom. The van der Waals surface area contributed by atoms with Gasteiger partial charge in [0.05, 0.1) is 5.69 Å². The predicted molar refractivity (Wildman–Crippen MR) is 88.9 cm³/mol. The van der Waals surface area contributed by atoms with Crippen LogP contribution < -0.4 is 0 Å². The summed E-state index contributed by atoms with van der Waals surface area (Å²) in [6, 6.07) is 10.1. The van der Waals surface area contributed by atoms with Crippen LogP contribution in [0.25, 0.3) is 5.78 Å². The zero-order chi connectivity index (χ0) is 14.8. The molecule has 0 amide bonds. The Morgan fingerprint density at radius 3 is 2.62 bits per heavy atom. The lowest BCUT2D eigenvalue weighted by molar-refractivity contribution is 1.01. The number of benzene rings is 1. The molecule has 0 aliphatic carbocycles. The maximum atomic E-state index is 5.89. The van der Waals surface area contributed by atoms with Gasteiger partial charge in [0, 0.05) is 34.1 Å². The summed E-state index contributed by atoms with van der Waals surface area (Å²) >= 11 is 7.73. The lowest BCUT2D eigenvalue weighted by atomic mass is 10.2. The lowest BCUT2D eigenvalue weighted by Crippen LogP contribution is -1.94. The molecule has 3 rings (SSSR count). The predicted octanol–water partition coefficient (Wildman–Crippen LogP) is 4.43. The summed E-state index contributed by atoms with van der Waals surface area (Å²) in [6.45, 7) is 4.07. The lowest BCUT2D eigenvalue weighted by Gasteiger charge is -2.00. The van der Waals surface area contributed by atoms with E-state index >= 15 is 0 Å². The van der Waals surface area contributed by atoms with Gasteiger partial charge in [-0.2, -0.15) is 11.8 Å².